The number of nitrogens with zero attached hydrogens (tertiary/aromatic N) is 1. The summed E-state index contributed by atoms with van der Waals surface area (Å²) in [5.41, 5.74) is 7.97. The molecular formula is C14H21FN2O. The summed E-state index contributed by atoms with van der Waals surface area (Å²) in [6.45, 7) is 4.33. The van der Waals surface area contributed by atoms with E-state index in [1.165, 1.54) is 6.07 Å². The third kappa shape index (κ3) is 2.71. The molecule has 0 bridgehead atoms. The van der Waals surface area contributed by atoms with E-state index in [0.29, 0.717) is 12.2 Å². The minimum atomic E-state index is -0.159. The van der Waals surface area contributed by atoms with Crippen LogP contribution < -0.4 is 5.73 Å². The highest BCUT2D eigenvalue weighted by molar-refractivity contribution is 5.28. The van der Waals surface area contributed by atoms with E-state index in [0.717, 1.165) is 25.1 Å². The summed E-state index contributed by atoms with van der Waals surface area (Å²) in [5.74, 6) is -0.159. The Morgan fingerprint density at radius 1 is 1.50 bits per heavy atom. The van der Waals surface area contributed by atoms with Crippen LogP contribution in [0.3, 0.4) is 0 Å². The fourth-order valence-corrected chi connectivity index (χ4v) is 2.65. The lowest BCUT2D eigenvalue weighted by molar-refractivity contribution is 0.139. The van der Waals surface area contributed by atoms with Crippen LogP contribution in [0.2, 0.25) is 0 Å². The van der Waals surface area contributed by atoms with Gasteiger partial charge in [-0.2, -0.15) is 0 Å². The molecule has 4 heteroatoms. The van der Waals surface area contributed by atoms with Gasteiger partial charge in [0.15, 0.2) is 0 Å². The number of methoxy groups -OCH3 is 1. The van der Waals surface area contributed by atoms with E-state index in [9.17, 15) is 4.39 Å². The molecule has 3 nitrogen and oxygen atoms in total. The Hall–Kier alpha value is -0.970. The van der Waals surface area contributed by atoms with Crippen LogP contribution >= 0.6 is 0 Å². The number of hydrogen-bond donors (Lipinski definition) is 1. The lowest BCUT2D eigenvalue weighted by Gasteiger charge is -2.27. The number of nitrogens with two attached hydrogens (primary N) is 1. The van der Waals surface area contributed by atoms with Crippen molar-refractivity contribution in [3.8, 4) is 0 Å². The lowest BCUT2D eigenvalue weighted by atomic mass is 9.99. The number of aryl methyl sites for hydroxylation is 1. The van der Waals surface area contributed by atoms with Gasteiger partial charge in [-0.15, -0.1) is 0 Å². The molecule has 1 aliphatic rings. The maximum Gasteiger partial charge on any atom is 0.126 e. The topological polar surface area (TPSA) is 38.5 Å². The van der Waals surface area contributed by atoms with E-state index in [1.807, 2.05) is 12.1 Å². The van der Waals surface area contributed by atoms with Crippen molar-refractivity contribution in [1.29, 1.82) is 0 Å². The van der Waals surface area contributed by atoms with E-state index < -0.39 is 0 Å². The van der Waals surface area contributed by atoms with Gasteiger partial charge < -0.3 is 10.5 Å². The monoisotopic (exact) mass is 252 g/mol. The molecule has 0 spiro atoms. The van der Waals surface area contributed by atoms with Crippen LogP contribution in [0.1, 0.15) is 23.6 Å². The van der Waals surface area contributed by atoms with E-state index in [1.54, 1.807) is 14.0 Å². The van der Waals surface area contributed by atoms with Crippen molar-refractivity contribution in [1.82, 2.24) is 4.90 Å². The molecule has 2 rings (SSSR count). The molecule has 100 valence electrons. The molecule has 2 N–H and O–H groups in total. The normalized spacial score (nSPS) is 24.7. The van der Waals surface area contributed by atoms with Gasteiger partial charge in [0, 0.05) is 26.2 Å². The van der Waals surface area contributed by atoms with E-state index in [4.69, 9.17) is 10.5 Å². The Morgan fingerprint density at radius 2 is 2.28 bits per heavy atom. The summed E-state index contributed by atoms with van der Waals surface area (Å²) in [6, 6.07) is 5.58. The van der Waals surface area contributed by atoms with Crippen molar-refractivity contribution in [3.63, 3.8) is 0 Å². The van der Waals surface area contributed by atoms with E-state index in [-0.39, 0.29) is 17.9 Å². The third-order valence-corrected chi connectivity index (χ3v) is 3.65. The van der Waals surface area contributed by atoms with Gasteiger partial charge in [-0.1, -0.05) is 12.1 Å². The minimum Gasteiger partial charge on any atom is -0.383 e. The minimum absolute atomic E-state index is 0.117. The van der Waals surface area contributed by atoms with Gasteiger partial charge in [-0.25, -0.2) is 4.39 Å². The zero-order chi connectivity index (χ0) is 13.1. The largest absolute Gasteiger partial charge is 0.383 e. The first kappa shape index (κ1) is 13.5. The highest BCUT2D eigenvalue weighted by Gasteiger charge is 2.32. The first-order valence-corrected chi connectivity index (χ1v) is 6.38. The van der Waals surface area contributed by atoms with E-state index >= 15 is 0 Å². The molecule has 2 atom stereocenters. The van der Waals surface area contributed by atoms with Crippen molar-refractivity contribution in [2.45, 2.75) is 25.4 Å². The molecule has 0 aliphatic carbocycles. The Morgan fingerprint density at radius 3 is 2.94 bits per heavy atom. The second-order valence-electron chi connectivity index (χ2n) is 4.93. The summed E-state index contributed by atoms with van der Waals surface area (Å²) >= 11 is 0. The van der Waals surface area contributed by atoms with Gasteiger partial charge in [0.1, 0.15) is 5.82 Å². The molecule has 0 radical (unpaired) electrons. The first-order valence-electron chi connectivity index (χ1n) is 6.38. The molecule has 1 aromatic rings. The van der Waals surface area contributed by atoms with Crippen molar-refractivity contribution >= 4 is 0 Å². The standard InChI is InChI=1S/C14H21FN2O/c1-10-9-11(3-4-12(10)15)14-13(16)5-6-17(14)7-8-18-2/h3-4,9,13-14H,5-8,16H2,1-2H3. The molecule has 1 aliphatic heterocycles. The molecule has 1 heterocycles. The van der Waals surface area contributed by atoms with Crippen molar-refractivity contribution in [2.75, 3.05) is 26.8 Å². The quantitative estimate of drug-likeness (QED) is 0.889. The first-order chi connectivity index (χ1) is 8.63. The molecule has 0 aromatic heterocycles. The van der Waals surface area contributed by atoms with Gasteiger partial charge in [0.25, 0.3) is 0 Å². The molecule has 1 aromatic carbocycles. The Balaban J connectivity index is 2.19. The number of likely N-dealkylation sites (tertiary alicyclic amines) is 1. The maximum atomic E-state index is 13.3. The second kappa shape index (κ2) is 5.78. The number of rotatable bonds is 4. The lowest BCUT2D eigenvalue weighted by Crippen LogP contribution is -2.33. The van der Waals surface area contributed by atoms with Gasteiger partial charge in [-0.05, 0) is 30.5 Å². The maximum absolute atomic E-state index is 13.3. The number of hydrogen-bond acceptors (Lipinski definition) is 3. The van der Waals surface area contributed by atoms with Crippen LogP contribution in [-0.4, -0.2) is 37.7 Å². The van der Waals surface area contributed by atoms with Crippen LogP contribution in [-0.2, 0) is 4.74 Å². The predicted molar refractivity (Wildman–Crippen MR) is 69.9 cm³/mol. The Kier molecular flexibility index (Phi) is 4.32. The van der Waals surface area contributed by atoms with Crippen LogP contribution in [0.25, 0.3) is 0 Å². The highest BCUT2D eigenvalue weighted by atomic mass is 19.1. The zero-order valence-corrected chi connectivity index (χ0v) is 11.0. The predicted octanol–water partition coefficient (Wildman–Crippen LogP) is 1.85. The SMILES string of the molecule is COCCN1CCC(N)C1c1ccc(F)c(C)c1. The number of benzene rings is 1. The second-order valence-corrected chi connectivity index (χ2v) is 4.93. The van der Waals surface area contributed by atoms with Crippen LogP contribution in [0.5, 0.6) is 0 Å². The fourth-order valence-electron chi connectivity index (χ4n) is 2.65. The molecule has 0 saturated carbocycles. The Labute approximate surface area is 108 Å². The Bertz CT molecular complexity index is 411. The molecule has 1 fully saturated rings. The highest BCUT2D eigenvalue weighted by Crippen LogP contribution is 2.31. The van der Waals surface area contributed by atoms with E-state index in [2.05, 4.69) is 4.90 Å². The van der Waals surface area contributed by atoms with Gasteiger partial charge in [-0.3, -0.25) is 4.90 Å². The molecule has 2 unspecified atom stereocenters. The van der Waals surface area contributed by atoms with Gasteiger partial charge in [0.05, 0.1) is 12.6 Å². The average molecular weight is 252 g/mol. The molecular weight excluding hydrogens is 231 g/mol. The van der Waals surface area contributed by atoms with Crippen LogP contribution in [0, 0.1) is 12.7 Å². The average Bonchev–Trinajstić information content (AvgIpc) is 2.71. The molecule has 0 amide bonds. The van der Waals surface area contributed by atoms with Gasteiger partial charge >= 0.3 is 0 Å². The van der Waals surface area contributed by atoms with Crippen molar-refractivity contribution in [2.24, 2.45) is 5.73 Å². The summed E-state index contributed by atoms with van der Waals surface area (Å²) in [6.07, 6.45) is 0.977. The summed E-state index contributed by atoms with van der Waals surface area (Å²) in [7, 11) is 1.70. The van der Waals surface area contributed by atoms with Crippen molar-refractivity contribution < 1.29 is 9.13 Å². The van der Waals surface area contributed by atoms with Crippen molar-refractivity contribution in [3.05, 3.63) is 35.1 Å². The third-order valence-electron chi connectivity index (χ3n) is 3.65. The van der Waals surface area contributed by atoms with Gasteiger partial charge in [0.2, 0.25) is 0 Å². The summed E-state index contributed by atoms with van der Waals surface area (Å²) in [5, 5.41) is 0. The number of ether oxygens (including phenoxy) is 1. The fraction of sp³-hybridized carbons (Fsp3) is 0.571. The molecule has 18 heavy (non-hydrogen) atoms. The zero-order valence-electron chi connectivity index (χ0n) is 11.0. The van der Waals surface area contributed by atoms with Crippen LogP contribution in [0.4, 0.5) is 4.39 Å². The summed E-state index contributed by atoms with van der Waals surface area (Å²) < 4.78 is 18.4. The smallest absolute Gasteiger partial charge is 0.126 e. The molecule has 1 saturated heterocycles. The van der Waals surface area contributed by atoms with Crippen LogP contribution in [0.15, 0.2) is 18.2 Å². The summed E-state index contributed by atoms with van der Waals surface area (Å²) in [4.78, 5) is 2.32. The number of halogens is 1.